The van der Waals surface area contributed by atoms with Crippen LogP contribution in [0.25, 0.3) is 0 Å². The second-order valence-corrected chi connectivity index (χ2v) is 8.09. The molecule has 2 rings (SSSR count). The number of nitrogens with one attached hydrogen (secondary N) is 1. The first kappa shape index (κ1) is 19.1. The summed E-state index contributed by atoms with van der Waals surface area (Å²) in [5.74, 6) is 5.89. The number of hydrogen-bond donors (Lipinski definition) is 2. The SMILES string of the molecule is COC(=O)c1sc(C#CC(C)(C)C)cc1NC1CCN(C(=O)O)CC1. The summed E-state index contributed by atoms with van der Waals surface area (Å²) in [6, 6.07) is 2.00. The first-order chi connectivity index (χ1) is 11.7. The van der Waals surface area contributed by atoms with Crippen LogP contribution >= 0.6 is 11.3 Å². The van der Waals surface area contributed by atoms with Gasteiger partial charge < -0.3 is 20.1 Å². The third-order valence-corrected chi connectivity index (χ3v) is 4.82. The highest BCUT2D eigenvalue weighted by molar-refractivity contribution is 7.15. The van der Waals surface area contributed by atoms with E-state index < -0.39 is 6.09 Å². The molecule has 136 valence electrons. The summed E-state index contributed by atoms with van der Waals surface area (Å²) >= 11 is 1.31. The lowest BCUT2D eigenvalue weighted by Gasteiger charge is -2.30. The number of anilines is 1. The minimum Gasteiger partial charge on any atom is -0.465 e. The number of ether oxygens (including phenoxy) is 1. The van der Waals surface area contributed by atoms with Gasteiger partial charge in [0.25, 0.3) is 0 Å². The summed E-state index contributed by atoms with van der Waals surface area (Å²) in [6.45, 7) is 7.07. The third-order valence-electron chi connectivity index (χ3n) is 3.79. The summed E-state index contributed by atoms with van der Waals surface area (Å²) in [5.41, 5.74) is 0.594. The Morgan fingerprint density at radius 1 is 1.36 bits per heavy atom. The maximum atomic E-state index is 12.0. The molecule has 0 aromatic carbocycles. The molecule has 0 spiro atoms. The van der Waals surface area contributed by atoms with Gasteiger partial charge in [0.2, 0.25) is 0 Å². The summed E-state index contributed by atoms with van der Waals surface area (Å²) in [4.78, 5) is 25.8. The largest absolute Gasteiger partial charge is 0.465 e. The van der Waals surface area contributed by atoms with E-state index in [9.17, 15) is 9.59 Å². The summed E-state index contributed by atoms with van der Waals surface area (Å²) in [6.07, 6.45) is 0.515. The van der Waals surface area contributed by atoms with E-state index >= 15 is 0 Å². The molecule has 1 aromatic heterocycles. The number of carboxylic acid groups (broad SMARTS) is 1. The van der Waals surface area contributed by atoms with Crippen molar-refractivity contribution in [2.45, 2.75) is 39.7 Å². The molecule has 0 saturated carbocycles. The van der Waals surface area contributed by atoms with Gasteiger partial charge in [-0.15, -0.1) is 11.3 Å². The minimum absolute atomic E-state index is 0.118. The fourth-order valence-corrected chi connectivity index (χ4v) is 3.38. The number of piperidine rings is 1. The topological polar surface area (TPSA) is 78.9 Å². The predicted molar refractivity (Wildman–Crippen MR) is 98.2 cm³/mol. The van der Waals surface area contributed by atoms with Crippen LogP contribution in [0.5, 0.6) is 0 Å². The zero-order valence-corrected chi connectivity index (χ0v) is 15.8. The maximum absolute atomic E-state index is 12.0. The summed E-state index contributed by atoms with van der Waals surface area (Å²) in [7, 11) is 1.36. The van der Waals surface area contributed by atoms with E-state index in [0.717, 1.165) is 4.88 Å². The van der Waals surface area contributed by atoms with Gasteiger partial charge in [0.05, 0.1) is 17.7 Å². The molecular formula is C18H24N2O4S. The Hall–Kier alpha value is -2.20. The van der Waals surface area contributed by atoms with Crippen LogP contribution < -0.4 is 5.32 Å². The van der Waals surface area contributed by atoms with Crippen LogP contribution in [-0.2, 0) is 4.74 Å². The molecule has 0 bridgehead atoms. The van der Waals surface area contributed by atoms with Crippen molar-refractivity contribution in [1.82, 2.24) is 4.90 Å². The Morgan fingerprint density at radius 2 is 2.00 bits per heavy atom. The van der Waals surface area contributed by atoms with Crippen molar-refractivity contribution in [3.8, 4) is 11.8 Å². The number of methoxy groups -OCH3 is 1. The van der Waals surface area contributed by atoms with Gasteiger partial charge in [0.1, 0.15) is 4.88 Å². The fourth-order valence-electron chi connectivity index (χ4n) is 2.49. The fraction of sp³-hybridized carbons (Fsp3) is 0.556. The normalized spacial score (nSPS) is 15.3. The third kappa shape index (κ3) is 5.40. The second kappa shape index (κ2) is 7.79. The van der Waals surface area contributed by atoms with Crippen LogP contribution in [0, 0.1) is 17.3 Å². The second-order valence-electron chi connectivity index (χ2n) is 7.03. The monoisotopic (exact) mass is 364 g/mol. The highest BCUT2D eigenvalue weighted by Crippen LogP contribution is 2.30. The quantitative estimate of drug-likeness (QED) is 0.634. The molecule has 25 heavy (non-hydrogen) atoms. The lowest BCUT2D eigenvalue weighted by Crippen LogP contribution is -2.41. The minimum atomic E-state index is -0.885. The molecule has 0 unspecified atom stereocenters. The van der Waals surface area contributed by atoms with Crippen molar-refractivity contribution in [1.29, 1.82) is 0 Å². The highest BCUT2D eigenvalue weighted by atomic mass is 32.1. The Balaban J connectivity index is 2.15. The maximum Gasteiger partial charge on any atom is 0.407 e. The van der Waals surface area contributed by atoms with E-state index in [1.54, 1.807) is 0 Å². The Bertz CT molecular complexity index is 701. The van der Waals surface area contributed by atoms with Crippen molar-refractivity contribution in [3.63, 3.8) is 0 Å². The Morgan fingerprint density at radius 3 is 2.52 bits per heavy atom. The number of amides is 1. The summed E-state index contributed by atoms with van der Waals surface area (Å²) < 4.78 is 4.87. The predicted octanol–water partition coefficient (Wildman–Crippen LogP) is 3.49. The standard InChI is InChI=1S/C18H24N2O4S/c1-18(2,3)8-5-13-11-14(15(25-13)16(21)24-4)19-12-6-9-20(10-7-12)17(22)23/h11-12,19H,6-7,9-10H2,1-4H3,(H,22,23). The smallest absolute Gasteiger partial charge is 0.407 e. The van der Waals surface area contributed by atoms with E-state index in [0.29, 0.717) is 36.5 Å². The molecule has 1 aliphatic heterocycles. The Kier molecular flexibility index (Phi) is 5.96. The number of hydrogen-bond acceptors (Lipinski definition) is 5. The molecule has 1 aliphatic rings. The van der Waals surface area contributed by atoms with Gasteiger partial charge in [0.15, 0.2) is 0 Å². The molecule has 0 radical (unpaired) electrons. The molecule has 0 aliphatic carbocycles. The molecule has 1 fully saturated rings. The average Bonchev–Trinajstić information content (AvgIpc) is 2.95. The number of carbonyl (C=O) groups excluding carboxylic acids is 1. The van der Waals surface area contributed by atoms with E-state index in [1.807, 2.05) is 26.8 Å². The molecule has 0 atom stereocenters. The summed E-state index contributed by atoms with van der Waals surface area (Å²) in [5, 5.41) is 12.4. The van der Waals surface area contributed by atoms with Gasteiger partial charge in [-0.25, -0.2) is 9.59 Å². The van der Waals surface area contributed by atoms with Crippen molar-refractivity contribution in [2.75, 3.05) is 25.5 Å². The zero-order valence-electron chi connectivity index (χ0n) is 15.0. The van der Waals surface area contributed by atoms with Gasteiger partial charge in [0, 0.05) is 24.5 Å². The van der Waals surface area contributed by atoms with Gasteiger partial charge in [-0.2, -0.15) is 0 Å². The molecule has 2 heterocycles. The van der Waals surface area contributed by atoms with Gasteiger partial charge in [-0.05, 0) is 39.7 Å². The highest BCUT2D eigenvalue weighted by Gasteiger charge is 2.24. The van der Waals surface area contributed by atoms with Crippen LogP contribution in [0.3, 0.4) is 0 Å². The molecular weight excluding hydrogens is 340 g/mol. The number of thiophene rings is 1. The van der Waals surface area contributed by atoms with E-state index in [-0.39, 0.29) is 17.4 Å². The van der Waals surface area contributed by atoms with E-state index in [4.69, 9.17) is 9.84 Å². The number of likely N-dealkylation sites (tertiary alicyclic amines) is 1. The molecule has 7 heteroatoms. The van der Waals surface area contributed by atoms with Crippen LogP contribution in [0.15, 0.2) is 6.07 Å². The molecule has 1 amide bonds. The van der Waals surface area contributed by atoms with E-state index in [2.05, 4.69) is 17.2 Å². The van der Waals surface area contributed by atoms with Gasteiger partial charge in [-0.1, -0.05) is 11.8 Å². The van der Waals surface area contributed by atoms with Crippen LogP contribution in [0.2, 0.25) is 0 Å². The number of esters is 1. The van der Waals surface area contributed by atoms with E-state index in [1.165, 1.54) is 23.3 Å². The van der Waals surface area contributed by atoms with Crippen LogP contribution in [-0.4, -0.2) is 48.3 Å². The number of rotatable bonds is 3. The van der Waals surface area contributed by atoms with Gasteiger partial charge in [-0.3, -0.25) is 0 Å². The van der Waals surface area contributed by atoms with Crippen molar-refractivity contribution >= 4 is 29.1 Å². The van der Waals surface area contributed by atoms with Crippen molar-refractivity contribution in [3.05, 3.63) is 15.8 Å². The first-order valence-corrected chi connectivity index (χ1v) is 9.01. The van der Waals surface area contributed by atoms with Crippen molar-refractivity contribution in [2.24, 2.45) is 5.41 Å². The molecule has 1 saturated heterocycles. The zero-order chi connectivity index (χ0) is 18.6. The molecule has 2 N–H and O–H groups in total. The lowest BCUT2D eigenvalue weighted by molar-refractivity contribution is 0.0607. The number of carbonyl (C=O) groups is 2. The number of nitrogens with zero attached hydrogens (tertiary/aromatic N) is 1. The average molecular weight is 364 g/mol. The molecule has 6 nitrogen and oxygen atoms in total. The van der Waals surface area contributed by atoms with Crippen LogP contribution in [0.1, 0.15) is 48.2 Å². The van der Waals surface area contributed by atoms with Gasteiger partial charge >= 0.3 is 12.1 Å². The lowest BCUT2D eigenvalue weighted by atomic mass is 9.98. The van der Waals surface area contributed by atoms with Crippen LogP contribution in [0.4, 0.5) is 10.5 Å². The van der Waals surface area contributed by atoms with Crippen molar-refractivity contribution < 1.29 is 19.4 Å². The Labute approximate surface area is 152 Å². The molecule has 1 aromatic rings. The first-order valence-electron chi connectivity index (χ1n) is 8.19.